The van der Waals surface area contributed by atoms with Gasteiger partial charge in [0.25, 0.3) is 0 Å². The molecule has 1 aliphatic heterocycles. The number of likely N-dealkylation sites (tertiary alicyclic amines) is 1. The molecule has 2 heterocycles. The van der Waals surface area contributed by atoms with Gasteiger partial charge < -0.3 is 9.67 Å². The van der Waals surface area contributed by atoms with Crippen LogP contribution in [0, 0.1) is 0 Å². The Morgan fingerprint density at radius 1 is 1.19 bits per heavy atom. The Balaban J connectivity index is 1.53. The minimum atomic E-state index is -0.904. The topological polar surface area (TPSA) is 71.2 Å². The van der Waals surface area contributed by atoms with E-state index in [1.807, 2.05) is 35.9 Å². The van der Waals surface area contributed by atoms with Crippen LogP contribution in [0.3, 0.4) is 0 Å². The molecule has 6 nitrogen and oxygen atoms in total. The molecule has 1 aliphatic rings. The molecule has 3 aromatic rings. The molecule has 6 heteroatoms. The van der Waals surface area contributed by atoms with Gasteiger partial charge in [0.05, 0.1) is 11.6 Å². The highest BCUT2D eigenvalue weighted by Crippen LogP contribution is 2.32. The van der Waals surface area contributed by atoms with Crippen molar-refractivity contribution in [3.63, 3.8) is 0 Å². The van der Waals surface area contributed by atoms with Gasteiger partial charge in [-0.15, -0.1) is 10.2 Å². The molecular weight excluding hydrogens is 340 g/mol. The van der Waals surface area contributed by atoms with Crippen LogP contribution < -0.4 is 0 Å². The Morgan fingerprint density at radius 2 is 1.96 bits per heavy atom. The average molecular weight is 362 g/mol. The molecule has 0 radical (unpaired) electrons. The van der Waals surface area contributed by atoms with Crippen molar-refractivity contribution in [2.45, 2.75) is 25.4 Å². The van der Waals surface area contributed by atoms with Gasteiger partial charge in [-0.25, -0.2) is 4.79 Å². The van der Waals surface area contributed by atoms with Gasteiger partial charge in [0.2, 0.25) is 0 Å². The molecule has 0 bridgehead atoms. The third kappa shape index (κ3) is 3.48. The summed E-state index contributed by atoms with van der Waals surface area (Å²) in [5, 5.41) is 17.7. The molecule has 1 atom stereocenters. The molecule has 0 saturated carbocycles. The molecule has 0 amide bonds. The zero-order valence-corrected chi connectivity index (χ0v) is 15.2. The Morgan fingerprint density at radius 3 is 2.67 bits per heavy atom. The number of nitrogens with zero attached hydrogens (tertiary/aromatic N) is 4. The van der Waals surface area contributed by atoms with Crippen molar-refractivity contribution in [3.8, 4) is 11.1 Å². The molecular formula is C21H22N4O2. The number of carbonyl (C=O) groups is 1. The molecule has 1 aromatic heterocycles. The molecule has 0 aliphatic carbocycles. The normalized spacial score (nSPS) is 17.3. The Bertz CT molecular complexity index is 949. The number of aromatic carboxylic acids is 1. The maximum atomic E-state index is 11.4. The Labute approximate surface area is 158 Å². The lowest BCUT2D eigenvalue weighted by Crippen LogP contribution is -2.24. The van der Waals surface area contributed by atoms with Gasteiger partial charge in [0, 0.05) is 13.6 Å². The molecule has 27 heavy (non-hydrogen) atoms. The van der Waals surface area contributed by atoms with Crippen molar-refractivity contribution in [3.05, 3.63) is 71.8 Å². The summed E-state index contributed by atoms with van der Waals surface area (Å²) in [6.45, 7) is 1.89. The highest BCUT2D eigenvalue weighted by molar-refractivity contribution is 5.95. The predicted octanol–water partition coefficient (Wildman–Crippen LogP) is 3.52. The predicted molar refractivity (Wildman–Crippen MR) is 102 cm³/mol. The Kier molecular flexibility index (Phi) is 4.73. The van der Waals surface area contributed by atoms with Crippen molar-refractivity contribution < 1.29 is 9.90 Å². The second-order valence-electron chi connectivity index (χ2n) is 6.98. The Hall–Kier alpha value is -2.99. The van der Waals surface area contributed by atoms with Gasteiger partial charge >= 0.3 is 5.97 Å². The lowest BCUT2D eigenvalue weighted by Gasteiger charge is -2.23. The lowest BCUT2D eigenvalue weighted by molar-refractivity contribution is 0.0697. The number of hydrogen-bond donors (Lipinski definition) is 1. The maximum absolute atomic E-state index is 11.4. The summed E-state index contributed by atoms with van der Waals surface area (Å²) >= 11 is 0. The van der Waals surface area contributed by atoms with E-state index in [0.717, 1.165) is 42.9 Å². The highest BCUT2D eigenvalue weighted by Gasteiger charge is 2.29. The van der Waals surface area contributed by atoms with E-state index in [-0.39, 0.29) is 0 Å². The second kappa shape index (κ2) is 7.32. The van der Waals surface area contributed by atoms with Crippen LogP contribution in [-0.2, 0) is 13.6 Å². The van der Waals surface area contributed by atoms with E-state index in [0.29, 0.717) is 11.6 Å². The summed E-state index contributed by atoms with van der Waals surface area (Å²) in [5.41, 5.74) is 3.20. The number of carboxylic acid groups (broad SMARTS) is 1. The molecule has 138 valence electrons. The monoisotopic (exact) mass is 362 g/mol. The van der Waals surface area contributed by atoms with Crippen LogP contribution in [0.1, 0.15) is 40.6 Å². The minimum Gasteiger partial charge on any atom is -0.478 e. The first kappa shape index (κ1) is 17.4. The van der Waals surface area contributed by atoms with E-state index in [1.165, 1.54) is 5.56 Å². The van der Waals surface area contributed by atoms with E-state index in [1.54, 1.807) is 18.5 Å². The molecule has 0 unspecified atom stereocenters. The van der Waals surface area contributed by atoms with Crippen LogP contribution in [0.25, 0.3) is 11.1 Å². The quantitative estimate of drug-likeness (QED) is 0.752. The third-order valence-electron chi connectivity index (χ3n) is 5.22. The van der Waals surface area contributed by atoms with Crippen molar-refractivity contribution in [2.75, 3.05) is 6.54 Å². The van der Waals surface area contributed by atoms with Crippen molar-refractivity contribution in [1.82, 2.24) is 19.7 Å². The van der Waals surface area contributed by atoms with E-state index in [9.17, 15) is 9.90 Å². The maximum Gasteiger partial charge on any atom is 0.336 e. The summed E-state index contributed by atoms with van der Waals surface area (Å²) < 4.78 is 1.99. The van der Waals surface area contributed by atoms with Crippen LogP contribution in [0.2, 0.25) is 0 Å². The summed E-state index contributed by atoms with van der Waals surface area (Å²) in [5.74, 6) is 0.109. The number of hydrogen-bond acceptors (Lipinski definition) is 4. The van der Waals surface area contributed by atoms with Crippen LogP contribution in [0.4, 0.5) is 0 Å². The second-order valence-corrected chi connectivity index (χ2v) is 6.98. The van der Waals surface area contributed by atoms with E-state index < -0.39 is 5.97 Å². The van der Waals surface area contributed by atoms with Gasteiger partial charge in [0.1, 0.15) is 12.2 Å². The number of benzene rings is 2. The van der Waals surface area contributed by atoms with Gasteiger partial charge in [0.15, 0.2) is 0 Å². The first-order chi connectivity index (χ1) is 13.1. The molecule has 1 fully saturated rings. The van der Waals surface area contributed by atoms with Gasteiger partial charge in [-0.1, -0.05) is 42.5 Å². The highest BCUT2D eigenvalue weighted by atomic mass is 16.4. The van der Waals surface area contributed by atoms with Gasteiger partial charge in [-0.05, 0) is 42.1 Å². The standard InChI is InChI=1S/C21H22N4O2/c1-24-14-22-23-20(24)19-7-4-12-25(19)13-15-8-10-16(11-9-15)17-5-2-3-6-18(17)21(26)27/h2-3,5-6,8-11,14,19H,4,7,12-13H2,1H3,(H,26,27)/t19-/m0/s1. The molecule has 0 spiro atoms. The zero-order valence-electron chi connectivity index (χ0n) is 15.2. The fourth-order valence-corrected chi connectivity index (χ4v) is 3.85. The third-order valence-corrected chi connectivity index (χ3v) is 5.22. The number of aromatic nitrogens is 3. The summed E-state index contributed by atoms with van der Waals surface area (Å²) in [6, 6.07) is 15.6. The van der Waals surface area contributed by atoms with Crippen molar-refractivity contribution in [2.24, 2.45) is 7.05 Å². The van der Waals surface area contributed by atoms with Crippen LogP contribution >= 0.6 is 0 Å². The van der Waals surface area contributed by atoms with Gasteiger partial charge in [-0.2, -0.15) is 0 Å². The zero-order chi connectivity index (χ0) is 18.8. The van der Waals surface area contributed by atoms with E-state index >= 15 is 0 Å². The molecule has 1 N–H and O–H groups in total. The average Bonchev–Trinajstić information content (AvgIpc) is 3.30. The smallest absolute Gasteiger partial charge is 0.336 e. The van der Waals surface area contributed by atoms with Gasteiger partial charge in [-0.3, -0.25) is 4.90 Å². The lowest BCUT2D eigenvalue weighted by atomic mass is 9.98. The molecule has 1 saturated heterocycles. The summed E-state index contributed by atoms with van der Waals surface area (Å²) in [4.78, 5) is 13.9. The fourth-order valence-electron chi connectivity index (χ4n) is 3.85. The SMILES string of the molecule is Cn1cnnc1[C@@H]1CCCN1Cc1ccc(-c2ccccc2C(=O)O)cc1. The molecule has 4 rings (SSSR count). The van der Waals surface area contributed by atoms with E-state index in [4.69, 9.17) is 0 Å². The number of rotatable bonds is 5. The van der Waals surface area contributed by atoms with Crippen molar-refractivity contribution in [1.29, 1.82) is 0 Å². The fraction of sp³-hybridized carbons (Fsp3) is 0.286. The summed E-state index contributed by atoms with van der Waals surface area (Å²) in [6.07, 6.45) is 4.00. The minimum absolute atomic E-state index is 0.296. The first-order valence-electron chi connectivity index (χ1n) is 9.13. The summed E-state index contributed by atoms with van der Waals surface area (Å²) in [7, 11) is 1.99. The number of aryl methyl sites for hydroxylation is 1. The first-order valence-corrected chi connectivity index (χ1v) is 9.13. The van der Waals surface area contributed by atoms with Crippen LogP contribution in [-0.4, -0.2) is 37.3 Å². The van der Waals surface area contributed by atoms with Crippen LogP contribution in [0.15, 0.2) is 54.9 Å². The van der Waals surface area contributed by atoms with Crippen LogP contribution in [0.5, 0.6) is 0 Å². The molecule has 2 aromatic carbocycles. The van der Waals surface area contributed by atoms with Crippen molar-refractivity contribution >= 4 is 5.97 Å². The number of carboxylic acids is 1. The van der Waals surface area contributed by atoms with E-state index in [2.05, 4.69) is 27.2 Å². The largest absolute Gasteiger partial charge is 0.478 e.